The van der Waals surface area contributed by atoms with Crippen molar-refractivity contribution >= 4 is 65.2 Å². The Morgan fingerprint density at radius 2 is 1.50 bits per heavy atom. The molecular weight excluding hydrogens is 1110 g/mol. The van der Waals surface area contributed by atoms with Crippen LogP contribution in [0, 0.1) is 5.92 Å². The number of nitrogen functional groups attached to an aromatic ring is 1. The number of aliphatic hydroxyl groups is 3. The van der Waals surface area contributed by atoms with Crippen LogP contribution >= 0.6 is 31.1 Å². The van der Waals surface area contributed by atoms with Gasteiger partial charge in [0.15, 0.2) is 30.2 Å². The van der Waals surface area contributed by atoms with Crippen LogP contribution in [0.5, 0.6) is 0 Å². The lowest BCUT2D eigenvalue weighted by molar-refractivity contribution is -0.745. The van der Waals surface area contributed by atoms with Gasteiger partial charge in [0, 0.05) is 45.6 Å². The summed E-state index contributed by atoms with van der Waals surface area (Å²) in [6.07, 6.45) is -11.3. The van der Waals surface area contributed by atoms with Crippen molar-refractivity contribution in [3.63, 3.8) is 0 Å². The summed E-state index contributed by atoms with van der Waals surface area (Å²) in [6.45, 7) is -1.00. The smallest absolute Gasteiger partial charge is 0.387 e. The molecule has 3 aliphatic heterocycles. The monoisotopic (exact) mass is 1160 g/mol. The molecule has 4 unspecified atom stereocenters. The number of imidazole rings is 2. The number of aliphatic hydroxyl groups excluding tert-OH is 3. The van der Waals surface area contributed by atoms with Gasteiger partial charge in [0.25, 0.3) is 17.1 Å². The molecule has 0 spiro atoms. The van der Waals surface area contributed by atoms with Crippen molar-refractivity contribution in [2.24, 2.45) is 13.0 Å². The van der Waals surface area contributed by atoms with Crippen molar-refractivity contribution in [1.29, 1.82) is 0 Å². The minimum atomic E-state index is -6.19. The van der Waals surface area contributed by atoms with Crippen molar-refractivity contribution in [2.75, 3.05) is 58.2 Å². The number of aromatic amines is 2. The molecule has 0 aromatic carbocycles. The first-order valence-electron chi connectivity index (χ1n) is 22.5. The van der Waals surface area contributed by atoms with E-state index in [1.165, 1.54) is 27.1 Å². The van der Waals surface area contributed by atoms with Crippen LogP contribution in [-0.4, -0.2) is 174 Å². The Labute approximate surface area is 425 Å². The predicted molar refractivity (Wildman–Crippen MR) is 250 cm³/mol. The summed E-state index contributed by atoms with van der Waals surface area (Å²) >= 11 is 0. The zero-order valence-corrected chi connectivity index (χ0v) is 43.6. The van der Waals surface area contributed by atoms with E-state index in [0.717, 1.165) is 36.6 Å². The average Bonchev–Trinajstić information content (AvgIpc) is 4.18. The lowest BCUT2D eigenvalue weighted by atomic mass is 9.95. The molecule has 0 bridgehead atoms. The van der Waals surface area contributed by atoms with Gasteiger partial charge in [-0.2, -0.15) is 8.62 Å². The second-order valence-corrected chi connectivity index (χ2v) is 23.8. The zero-order chi connectivity index (χ0) is 55.2. The maximum Gasteiger partial charge on any atom is 0.490 e. The number of anilines is 2. The van der Waals surface area contributed by atoms with Gasteiger partial charge in [-0.3, -0.25) is 46.9 Å². The quantitative estimate of drug-likeness (QED) is 0.0235. The van der Waals surface area contributed by atoms with Crippen molar-refractivity contribution < 1.29 is 104 Å². The summed E-state index contributed by atoms with van der Waals surface area (Å²) in [5, 5.41) is 35.9. The van der Waals surface area contributed by atoms with E-state index in [0.29, 0.717) is 6.54 Å². The van der Waals surface area contributed by atoms with Crippen molar-refractivity contribution in [3.05, 3.63) is 62.4 Å². The van der Waals surface area contributed by atoms with Crippen LogP contribution < -0.4 is 32.4 Å². The van der Waals surface area contributed by atoms with E-state index in [1.807, 2.05) is 4.98 Å². The Balaban J connectivity index is 0.960. The Morgan fingerprint density at radius 3 is 2.16 bits per heavy atom. The Hall–Kier alpha value is -4.58. The third-order valence-electron chi connectivity index (χ3n) is 12.3. The topological polar surface area (TPSA) is 493 Å². The first-order valence-corrected chi connectivity index (χ1v) is 28.6. The highest BCUT2D eigenvalue weighted by molar-refractivity contribution is 7.66. The summed E-state index contributed by atoms with van der Waals surface area (Å²) in [5.41, 5.74) is 1.86. The number of methoxy groups -OCH3 is 2. The van der Waals surface area contributed by atoms with E-state index < -0.39 is 141 Å². The number of nitrogens with two attached hydrogens (primary N) is 1. The van der Waals surface area contributed by atoms with Gasteiger partial charge >= 0.3 is 42.4 Å². The van der Waals surface area contributed by atoms with Gasteiger partial charge < -0.3 is 74.2 Å². The Kier molecular flexibility index (Phi) is 17.2. The van der Waals surface area contributed by atoms with E-state index in [1.54, 1.807) is 14.0 Å². The molecule has 3 aliphatic rings. The molecule has 36 nitrogen and oxygen atoms in total. The van der Waals surface area contributed by atoms with Gasteiger partial charge in [-0.05, 0) is 13.3 Å². The minimum Gasteiger partial charge on any atom is -0.387 e. The summed E-state index contributed by atoms with van der Waals surface area (Å²) < 4.78 is 111. The van der Waals surface area contributed by atoms with Crippen LogP contribution in [-0.2, 0) is 71.2 Å². The fraction of sp³-hybridized carbons (Fsp3) is 0.611. The number of phosphoric acid groups is 3. The van der Waals surface area contributed by atoms with Crippen molar-refractivity contribution in [2.45, 2.75) is 80.4 Å². The number of phosphoric ester groups is 2. The molecular formula is C36H53N12O24P4+. The summed E-state index contributed by atoms with van der Waals surface area (Å²) in [7, 11) is -19.3. The second-order valence-electron chi connectivity index (χ2n) is 17.2. The van der Waals surface area contributed by atoms with Crippen LogP contribution in [0.25, 0.3) is 22.3 Å². The van der Waals surface area contributed by atoms with Gasteiger partial charge in [0.05, 0.1) is 39.3 Å². The molecule has 0 saturated carbocycles. The van der Waals surface area contributed by atoms with E-state index in [2.05, 4.69) is 38.9 Å². The lowest BCUT2D eigenvalue weighted by Gasteiger charge is -2.28. The Morgan fingerprint density at radius 1 is 0.829 bits per heavy atom. The fourth-order valence-electron chi connectivity index (χ4n) is 8.92. The van der Waals surface area contributed by atoms with E-state index in [4.69, 9.17) is 43.0 Å². The second kappa shape index (κ2) is 22.6. The molecule has 420 valence electrons. The number of ether oxygens (including phenoxy) is 5. The number of fused-ring (bicyclic) bond motifs is 2. The maximum atomic E-state index is 14.3. The normalized spacial score (nSPS) is 30.1. The molecule has 8 heterocycles. The molecule has 0 aliphatic carbocycles. The highest BCUT2D eigenvalue weighted by Gasteiger charge is 2.58. The molecule has 5 aromatic heterocycles. The van der Waals surface area contributed by atoms with Crippen molar-refractivity contribution in [1.82, 2.24) is 43.6 Å². The Bertz CT molecular complexity index is 3300. The SMILES string of the molecule is CCNc1nc2c(c(=O)[nH]1)n(C)c[n+]2[C@@H]1O[C@H](COP(=O)(O)OP(=O)(O)OP(=O)(O)OC[C@H]2O[C@@H](n3cnc4c(N)ncnc43)[C@H](OC)[C@@H]2P(=O)(O)OC[C@H]2O[C@@H](n3ccc(=O)[nH]c3=O)[C@H](O)[C@@H]2O)[C@@H](CCOC)[C@H]1O. The molecule has 3 fully saturated rings. The fourth-order valence-corrected chi connectivity index (χ4v) is 14.2. The molecule has 16 atom stereocenters. The number of aromatic nitrogens is 10. The third kappa shape index (κ3) is 12.0. The van der Waals surface area contributed by atoms with Crippen LogP contribution in [0.15, 0.2) is 45.6 Å². The molecule has 3 saturated heterocycles. The van der Waals surface area contributed by atoms with Gasteiger partial charge in [0.1, 0.15) is 54.1 Å². The van der Waals surface area contributed by atoms with Gasteiger partial charge in [-0.25, -0.2) is 38.0 Å². The van der Waals surface area contributed by atoms with Gasteiger partial charge in [0.2, 0.25) is 11.7 Å². The number of rotatable bonds is 23. The van der Waals surface area contributed by atoms with Gasteiger partial charge in [-0.15, -0.1) is 0 Å². The highest BCUT2D eigenvalue weighted by atomic mass is 31.3. The number of hydrogen-bond acceptors (Lipinski definition) is 26. The lowest BCUT2D eigenvalue weighted by Crippen LogP contribution is -2.45. The molecule has 8 rings (SSSR count). The molecule has 40 heteroatoms. The average molecular weight is 1160 g/mol. The third-order valence-corrected chi connectivity index (χ3v) is 18.4. The van der Waals surface area contributed by atoms with Crippen LogP contribution in [0.1, 0.15) is 32.0 Å². The van der Waals surface area contributed by atoms with E-state index in [-0.39, 0.29) is 47.1 Å². The maximum absolute atomic E-state index is 14.3. The van der Waals surface area contributed by atoms with E-state index >= 15 is 0 Å². The summed E-state index contributed by atoms with van der Waals surface area (Å²) in [4.78, 5) is 101. The number of aryl methyl sites for hydroxylation is 1. The number of nitrogens with zero attached hydrogens (tertiary/aromatic N) is 8. The van der Waals surface area contributed by atoms with Gasteiger partial charge in [-0.1, -0.05) is 4.98 Å². The molecule has 5 aromatic rings. The molecule has 0 radical (unpaired) electrons. The van der Waals surface area contributed by atoms with Crippen LogP contribution in [0.3, 0.4) is 0 Å². The largest absolute Gasteiger partial charge is 0.490 e. The van der Waals surface area contributed by atoms with Crippen LogP contribution in [0.2, 0.25) is 0 Å². The van der Waals surface area contributed by atoms with Crippen LogP contribution in [0.4, 0.5) is 11.8 Å². The minimum absolute atomic E-state index is 0.00258. The molecule has 12 N–H and O–H groups in total. The standard InChI is InChI=1S/C36H52N12O24P4/c1-5-38-35-43-30-22(31(53)44-35)45(2)15-48(30)32-23(50)16(7-9-63-3)17(68-32)10-66-74(57,58)71-76(61,62)72-75(59,60)67-12-19-27(26(64-4)34(70-19)47-14-41-21-28(37)39-13-40-29(21)47)73(55,56)65-11-18-24(51)25(52)33(69-18)46-8-6-20(49)42-36(46)54/h6,8,13-19,23-27,32-34,50-52H,5,7,9-12H2,1-4H3,(H8-,37,38,39,40,42,43,44,49,53,54,55,56,57,58,59,60,61,62)/p+1/t16-,17-,18-,19-,23-,24-,25-,26-,27-,32-,33-,34-/m1/s1. The number of hydrogen-bond donors (Lipinski definition) is 11. The summed E-state index contributed by atoms with van der Waals surface area (Å²) in [5.74, 6) is -0.902. The first kappa shape index (κ1) is 57.6. The molecule has 76 heavy (non-hydrogen) atoms. The highest BCUT2D eigenvalue weighted by Crippen LogP contribution is 2.68. The molecule has 0 amide bonds. The van der Waals surface area contributed by atoms with Crippen molar-refractivity contribution in [3.8, 4) is 0 Å². The number of nitrogens with one attached hydrogen (secondary N) is 3. The summed E-state index contributed by atoms with van der Waals surface area (Å²) in [6, 6.07) is 0.930. The van der Waals surface area contributed by atoms with E-state index in [9.17, 15) is 67.5 Å². The first-order chi connectivity index (χ1) is 35.8. The number of H-pyrrole nitrogens is 2. The predicted octanol–water partition coefficient (Wildman–Crippen LogP) is -2.67. The zero-order valence-electron chi connectivity index (χ0n) is 40.1.